The minimum absolute atomic E-state index is 0.00333. The Morgan fingerprint density at radius 3 is 1.14 bits per heavy atom. The first-order valence-electron chi connectivity index (χ1n) is 24.4. The maximum absolute atomic E-state index is 13.3. The normalized spacial score (nSPS) is 12.1. The van der Waals surface area contributed by atoms with E-state index in [4.69, 9.17) is 126 Å². The third-order valence-electron chi connectivity index (χ3n) is 12.2. The Labute approximate surface area is 567 Å². The lowest BCUT2D eigenvalue weighted by Gasteiger charge is -2.15. The summed E-state index contributed by atoms with van der Waals surface area (Å²) in [5.74, 6) is 0. The largest absolute Gasteiger partial charge is 0.489 e. The van der Waals surface area contributed by atoms with Gasteiger partial charge in [0.05, 0.1) is 69.3 Å². The monoisotopic (exact) mass is 1590 g/mol. The molecule has 0 radical (unpaired) electrons. The molecule has 0 atom stereocenters. The molecule has 0 spiro atoms. The molecule has 0 saturated carbocycles. The van der Waals surface area contributed by atoms with Crippen LogP contribution in [0.5, 0.6) is 0 Å². The van der Waals surface area contributed by atoms with Gasteiger partial charge in [-0.2, -0.15) is 65.9 Å². The number of nitrogens with two attached hydrogens (primary N) is 4. The number of nitro benzene ring substituents is 2. The number of anilines is 4. The second-order valence-corrected chi connectivity index (χ2v) is 23.1. The maximum Gasteiger partial charge on any atom is 0.489 e. The van der Waals surface area contributed by atoms with Crippen LogP contribution in [0.25, 0.3) is 33.4 Å². The fourth-order valence-electron chi connectivity index (χ4n) is 8.01. The number of nitrogen functional groups attached to an aromatic ring is 4. The van der Waals surface area contributed by atoms with Gasteiger partial charge in [-0.15, -0.1) is 0 Å². The average molecular weight is 1590 g/mol. The summed E-state index contributed by atoms with van der Waals surface area (Å²) >= 11 is 47.7. The molecule has 494 valence electrons. The van der Waals surface area contributed by atoms with E-state index in [2.05, 4.69) is 4.99 Å². The Morgan fingerprint density at radius 2 is 0.753 bits per heavy atom. The molecule has 0 fully saturated rings. The molecule has 10 N–H and O–H groups in total. The number of hydrogen-bond acceptors (Lipinski definition) is 11. The summed E-state index contributed by atoms with van der Waals surface area (Å²) in [7, 11) is -2.16. The molecule has 38 heteroatoms. The number of nitrogens with zero attached hydrogens (tertiary/aromatic N) is 3. The standard InChI is InChI=1S/C16H7Cl2F6N.C13H7Cl2F3N2O2.C13H9Cl2F3N2.C7H5BClF3O2.C6H4ClIN2O2/c17-8-1-2-9(11(5-8)15(19,20)21)10-3-7-4-14(16(22,23)24)25-13(7)6-12(10)18;14-6-1-2-7(9(3-6)13(16,17)18)8-4-12(20(21)22)11(19)5-10(8)15;14-6-1-2-7(9(3-6)13(16,17)18)8-4-11(19)12(20)5-10(8)15;9-4-1-2-6(8(13)14)5(3-4)7(10,11)12;7-3-1-5(9)6(10(11)12)2-4(3)8/h1-3,5-6H,4H2;1-5H,19H2;1-5H,19-20H2;1-3,13-14H;1-2H,9H2. The fraction of sp³-hybridized carbons (Fsp3) is 0.109. The van der Waals surface area contributed by atoms with Crippen LogP contribution in [0.4, 0.5) is 106 Å². The predicted molar refractivity (Wildman–Crippen MR) is 339 cm³/mol. The molecule has 13 nitrogen and oxygen atoms in total. The van der Waals surface area contributed by atoms with Gasteiger partial charge in [0.25, 0.3) is 11.4 Å². The Hall–Kier alpha value is -6.59. The van der Waals surface area contributed by atoms with Crippen LogP contribution in [-0.4, -0.2) is 38.9 Å². The summed E-state index contributed by atoms with van der Waals surface area (Å²) in [6.45, 7) is 0. The lowest BCUT2D eigenvalue weighted by molar-refractivity contribution is -0.384. The van der Waals surface area contributed by atoms with Crippen molar-refractivity contribution in [1.82, 2.24) is 0 Å². The van der Waals surface area contributed by atoms with Gasteiger partial charge in [0.1, 0.15) is 17.1 Å². The second kappa shape index (κ2) is 30.4. The number of rotatable bonds is 6. The van der Waals surface area contributed by atoms with Crippen molar-refractivity contribution in [3.8, 4) is 33.4 Å². The first kappa shape index (κ1) is 77.1. The van der Waals surface area contributed by atoms with E-state index in [1.165, 1.54) is 54.6 Å². The van der Waals surface area contributed by atoms with Gasteiger partial charge in [-0.05, 0) is 135 Å². The van der Waals surface area contributed by atoms with E-state index < -0.39 is 93.4 Å². The van der Waals surface area contributed by atoms with Crippen molar-refractivity contribution in [2.45, 2.75) is 37.3 Å². The zero-order chi connectivity index (χ0) is 70.5. The molecule has 9 rings (SSSR count). The minimum atomic E-state index is -4.70. The highest BCUT2D eigenvalue weighted by Crippen LogP contribution is 2.47. The Balaban J connectivity index is 0.000000216. The number of benzene rings is 8. The Morgan fingerprint density at radius 1 is 0.419 bits per heavy atom. The molecule has 0 unspecified atom stereocenters. The van der Waals surface area contributed by atoms with Gasteiger partial charge in [0, 0.05) is 58.9 Å². The molecule has 93 heavy (non-hydrogen) atoms. The summed E-state index contributed by atoms with van der Waals surface area (Å²) < 4.78 is 194. The third kappa shape index (κ3) is 20.2. The number of hydrogen-bond donors (Lipinski definition) is 6. The second-order valence-electron chi connectivity index (χ2n) is 18.6. The zero-order valence-corrected chi connectivity index (χ0v) is 53.3. The molecule has 1 aliphatic heterocycles. The number of aliphatic imine (C=N–C) groups is 1. The van der Waals surface area contributed by atoms with Crippen LogP contribution >= 0.6 is 115 Å². The smallest absolute Gasteiger partial charge is 0.423 e. The van der Waals surface area contributed by atoms with E-state index in [0.717, 1.165) is 60.7 Å². The van der Waals surface area contributed by atoms with Crippen LogP contribution in [0, 0.1) is 23.8 Å². The zero-order valence-electron chi connectivity index (χ0n) is 45.1. The fourth-order valence-corrected chi connectivity index (χ4v) is 10.1. The molecule has 0 saturated heterocycles. The Kier molecular flexibility index (Phi) is 25.2. The van der Waals surface area contributed by atoms with Gasteiger partial charge < -0.3 is 33.0 Å². The topological polar surface area (TPSA) is 243 Å². The summed E-state index contributed by atoms with van der Waals surface area (Å²) in [6, 6.07) is 22.1. The van der Waals surface area contributed by atoms with Crippen molar-refractivity contribution in [3.63, 3.8) is 0 Å². The average Bonchev–Trinajstić information content (AvgIpc) is 1.76. The van der Waals surface area contributed by atoms with Gasteiger partial charge in [0.2, 0.25) is 0 Å². The molecule has 0 amide bonds. The van der Waals surface area contributed by atoms with E-state index in [0.29, 0.717) is 14.7 Å². The van der Waals surface area contributed by atoms with Gasteiger partial charge >= 0.3 is 38.0 Å². The maximum atomic E-state index is 13.3. The number of halogens is 24. The summed E-state index contributed by atoms with van der Waals surface area (Å²) in [6.07, 6.45) is -23.7. The van der Waals surface area contributed by atoms with E-state index in [-0.39, 0.29) is 108 Å². The van der Waals surface area contributed by atoms with Gasteiger partial charge in [-0.25, -0.2) is 4.99 Å². The quantitative estimate of drug-likeness (QED) is 0.0230. The van der Waals surface area contributed by atoms with Crippen LogP contribution in [0.3, 0.4) is 0 Å². The van der Waals surface area contributed by atoms with Crippen molar-refractivity contribution in [3.05, 3.63) is 213 Å². The van der Waals surface area contributed by atoms with E-state index in [1.54, 1.807) is 0 Å². The van der Waals surface area contributed by atoms with Crippen molar-refractivity contribution in [2.75, 3.05) is 22.9 Å². The van der Waals surface area contributed by atoms with Crippen LogP contribution in [0.15, 0.2) is 126 Å². The number of alkyl halides is 15. The summed E-state index contributed by atoms with van der Waals surface area (Å²) in [5.41, 5.74) is 15.4. The first-order chi connectivity index (χ1) is 42.6. The van der Waals surface area contributed by atoms with Crippen molar-refractivity contribution in [2.24, 2.45) is 4.99 Å². The molecule has 8 aromatic carbocycles. The minimum Gasteiger partial charge on any atom is -0.423 e. The summed E-state index contributed by atoms with van der Waals surface area (Å²) in [4.78, 5) is 23.4. The molecule has 0 aromatic heterocycles. The highest BCUT2D eigenvalue weighted by Gasteiger charge is 2.41. The highest BCUT2D eigenvalue weighted by molar-refractivity contribution is 14.1. The van der Waals surface area contributed by atoms with Crippen LogP contribution in [0.1, 0.15) is 27.8 Å². The van der Waals surface area contributed by atoms with E-state index in [9.17, 15) is 86.1 Å². The first-order valence-corrected chi connectivity index (χ1v) is 28.5. The predicted octanol–water partition coefficient (Wildman–Crippen LogP) is 20.4. The molecular formula is C55H32BCl8F15IN7O6. The molecular weight excluding hydrogens is 1560 g/mol. The van der Waals surface area contributed by atoms with E-state index in [1.807, 2.05) is 22.6 Å². The molecule has 1 heterocycles. The van der Waals surface area contributed by atoms with E-state index >= 15 is 0 Å². The lowest BCUT2D eigenvalue weighted by atomic mass is 9.77. The number of nitro groups is 2. The van der Waals surface area contributed by atoms with Gasteiger partial charge in [-0.3, -0.25) is 20.2 Å². The SMILES string of the molecule is FC(F)(F)C1=Nc2cc(Cl)c(-c3ccc(Cl)cc3C(F)(F)F)cc2C1.Nc1cc(Cl)c(-c2ccc(Cl)cc2C(F)(F)F)cc1N.Nc1cc(Cl)c(-c2ccc(Cl)cc2C(F)(F)F)cc1[N+](=O)[O-].Nc1cc(Cl)c(I)cc1[N+](=O)[O-].OB(O)c1ccc(Cl)cc1C(F)(F)F. The molecule has 8 aromatic rings. The van der Waals surface area contributed by atoms with Crippen LogP contribution in [-0.2, 0) is 31.1 Å². The van der Waals surface area contributed by atoms with Crippen LogP contribution < -0.4 is 28.4 Å². The van der Waals surface area contributed by atoms with Gasteiger partial charge in [0.15, 0.2) is 0 Å². The highest BCUT2D eigenvalue weighted by atomic mass is 127. The van der Waals surface area contributed by atoms with Crippen molar-refractivity contribution < 1.29 is 85.8 Å². The van der Waals surface area contributed by atoms with Gasteiger partial charge in [-0.1, -0.05) is 117 Å². The number of fused-ring (bicyclic) bond motifs is 1. The van der Waals surface area contributed by atoms with Crippen LogP contribution in [0.2, 0.25) is 40.2 Å². The third-order valence-corrected chi connectivity index (χ3v) is 15.6. The Bertz CT molecular complexity index is 4210. The molecule has 1 aliphatic rings. The summed E-state index contributed by atoms with van der Waals surface area (Å²) in [5, 5.41) is 38.5. The molecule has 0 aliphatic carbocycles. The molecule has 0 bridgehead atoms. The van der Waals surface area contributed by atoms with Crippen molar-refractivity contribution >= 4 is 174 Å². The lowest BCUT2D eigenvalue weighted by Crippen LogP contribution is -2.35. The van der Waals surface area contributed by atoms with Crippen molar-refractivity contribution in [1.29, 1.82) is 0 Å².